The lowest BCUT2D eigenvalue weighted by Gasteiger charge is -2.02. The predicted molar refractivity (Wildman–Crippen MR) is 70.7 cm³/mol. The van der Waals surface area contributed by atoms with E-state index in [-0.39, 0.29) is 0 Å². The normalized spacial score (nSPS) is 12.8. The van der Waals surface area contributed by atoms with Gasteiger partial charge in [-0.15, -0.1) is 6.58 Å². The minimum atomic E-state index is 0.331. The lowest BCUT2D eigenvalue weighted by molar-refractivity contribution is 0.121. The molecule has 0 saturated carbocycles. The molecule has 2 atom stereocenters. The van der Waals surface area contributed by atoms with Crippen LogP contribution in [0.25, 0.3) is 0 Å². The number of nitrogens with zero attached hydrogens (tertiary/aromatic N) is 1. The summed E-state index contributed by atoms with van der Waals surface area (Å²) in [6.45, 7) is 9.76. The Bertz CT molecular complexity index is 188. The van der Waals surface area contributed by atoms with Crippen molar-refractivity contribution in [1.82, 2.24) is 0 Å². The van der Waals surface area contributed by atoms with Crippen LogP contribution >= 0.6 is 12.2 Å². The van der Waals surface area contributed by atoms with Gasteiger partial charge < -0.3 is 4.74 Å². The van der Waals surface area contributed by atoms with Gasteiger partial charge >= 0.3 is 0 Å². The fraction of sp³-hybridized carbons (Fsp3) is 0.750. The lowest BCUT2D eigenvalue weighted by Crippen LogP contribution is -2.01. The van der Waals surface area contributed by atoms with Gasteiger partial charge in [0.2, 0.25) is 0 Å². The highest BCUT2D eigenvalue weighted by molar-refractivity contribution is 7.78. The quantitative estimate of drug-likeness (QED) is 0.392. The molecule has 2 unspecified atom stereocenters. The molecule has 0 aromatic rings. The Morgan fingerprint density at radius 1 is 1.53 bits per heavy atom. The molecule has 0 aliphatic heterocycles. The summed E-state index contributed by atoms with van der Waals surface area (Å²) < 4.78 is 4.92. The Labute approximate surface area is 99.4 Å². The second kappa shape index (κ2) is 13.5. The number of ether oxygens (including phenoxy) is 1. The van der Waals surface area contributed by atoms with Crippen LogP contribution in [0.15, 0.2) is 17.6 Å². The maximum absolute atomic E-state index is 4.92. The fourth-order valence-electron chi connectivity index (χ4n) is 0.903. The minimum Gasteiger partial charge on any atom is -0.381 e. The second-order valence-corrected chi connectivity index (χ2v) is 3.61. The van der Waals surface area contributed by atoms with Crippen LogP contribution in [0.3, 0.4) is 0 Å². The molecule has 0 aromatic heterocycles. The first-order chi connectivity index (χ1) is 7.12. The van der Waals surface area contributed by atoms with Gasteiger partial charge in [-0.05, 0) is 38.9 Å². The fourth-order valence-corrected chi connectivity index (χ4v) is 1.08. The highest BCUT2D eigenvalue weighted by atomic mass is 32.1. The lowest BCUT2D eigenvalue weighted by atomic mass is 10.2. The molecular weight excluding hydrogens is 206 g/mol. The van der Waals surface area contributed by atoms with Crippen molar-refractivity contribution in [3.8, 4) is 0 Å². The van der Waals surface area contributed by atoms with E-state index in [1.807, 2.05) is 19.9 Å². The molecule has 0 saturated heterocycles. The molecule has 88 valence electrons. The third-order valence-electron chi connectivity index (χ3n) is 1.88. The smallest absolute Gasteiger partial charge is 0.0587 e. The summed E-state index contributed by atoms with van der Waals surface area (Å²) in [7, 11) is 1.70. The van der Waals surface area contributed by atoms with Gasteiger partial charge in [-0.1, -0.05) is 19.4 Å². The number of isothiocyanates is 1. The third kappa shape index (κ3) is 16.2. The van der Waals surface area contributed by atoms with Crippen molar-refractivity contribution in [2.45, 2.75) is 52.2 Å². The highest BCUT2D eigenvalue weighted by Gasteiger charge is 1.92. The van der Waals surface area contributed by atoms with Gasteiger partial charge in [0.1, 0.15) is 0 Å². The first-order valence-corrected chi connectivity index (χ1v) is 5.73. The Kier molecular flexibility index (Phi) is 15.2. The van der Waals surface area contributed by atoms with Crippen LogP contribution in [0.1, 0.15) is 40.0 Å². The Morgan fingerprint density at radius 3 is 2.40 bits per heavy atom. The minimum absolute atomic E-state index is 0.331. The predicted octanol–water partition coefficient (Wildman–Crippen LogP) is 3.88. The van der Waals surface area contributed by atoms with Crippen molar-refractivity contribution >= 4 is 17.4 Å². The topological polar surface area (TPSA) is 21.6 Å². The van der Waals surface area contributed by atoms with Crippen LogP contribution in [0.5, 0.6) is 0 Å². The van der Waals surface area contributed by atoms with Crippen LogP contribution in [0, 0.1) is 0 Å². The molecule has 0 radical (unpaired) electrons. The Hall–Kier alpha value is -0.500. The van der Waals surface area contributed by atoms with Crippen molar-refractivity contribution in [1.29, 1.82) is 0 Å². The average molecular weight is 229 g/mol. The molecule has 0 spiro atoms. The summed E-state index contributed by atoms with van der Waals surface area (Å²) in [4.78, 5) is 3.88. The molecule has 0 amide bonds. The van der Waals surface area contributed by atoms with Crippen molar-refractivity contribution in [3.63, 3.8) is 0 Å². The molecule has 0 N–H and O–H groups in total. The summed E-state index contributed by atoms with van der Waals surface area (Å²) in [6.07, 6.45) is 5.41. The van der Waals surface area contributed by atoms with E-state index in [9.17, 15) is 0 Å². The maximum Gasteiger partial charge on any atom is 0.0587 e. The molecule has 0 heterocycles. The second-order valence-electron chi connectivity index (χ2n) is 3.43. The molecule has 0 aliphatic rings. The monoisotopic (exact) mass is 229 g/mol. The number of hydrogen-bond donors (Lipinski definition) is 0. The molecule has 0 rings (SSSR count). The number of methoxy groups -OCH3 is 1. The van der Waals surface area contributed by atoms with Gasteiger partial charge in [0, 0.05) is 7.11 Å². The standard InChI is InChI=1S/C6H11NS.C6H12O/c1-3-4-6(2)7-5-8;1-4-5-6(2)7-3/h6H,3-4H2,1-2H3;4,6H,1,5H2,2-3H3. The number of rotatable bonds is 6. The molecule has 15 heavy (non-hydrogen) atoms. The van der Waals surface area contributed by atoms with E-state index >= 15 is 0 Å². The van der Waals surface area contributed by atoms with Gasteiger partial charge in [0.25, 0.3) is 0 Å². The Balaban J connectivity index is 0. The molecular formula is C12H23NOS. The Morgan fingerprint density at radius 2 is 2.13 bits per heavy atom. The van der Waals surface area contributed by atoms with E-state index in [1.54, 1.807) is 7.11 Å². The first kappa shape index (κ1) is 16.9. The van der Waals surface area contributed by atoms with Crippen LogP contribution < -0.4 is 0 Å². The summed E-state index contributed by atoms with van der Waals surface area (Å²) in [5.41, 5.74) is 0. The van der Waals surface area contributed by atoms with E-state index < -0.39 is 0 Å². The SMILES string of the molecule is C=CCC(C)OC.CCCC(C)N=C=S. The molecule has 0 bridgehead atoms. The van der Waals surface area contributed by atoms with Crippen LogP contribution in [0.2, 0.25) is 0 Å². The van der Waals surface area contributed by atoms with E-state index in [1.165, 1.54) is 6.42 Å². The van der Waals surface area contributed by atoms with E-state index in [4.69, 9.17) is 4.74 Å². The molecule has 2 nitrogen and oxygen atoms in total. The van der Waals surface area contributed by atoms with Crippen molar-refractivity contribution in [3.05, 3.63) is 12.7 Å². The summed E-state index contributed by atoms with van der Waals surface area (Å²) >= 11 is 4.43. The van der Waals surface area contributed by atoms with Gasteiger partial charge in [0.05, 0.1) is 17.3 Å². The zero-order chi connectivity index (χ0) is 12.1. The van der Waals surface area contributed by atoms with Crippen LogP contribution in [-0.2, 0) is 4.74 Å². The number of hydrogen-bond acceptors (Lipinski definition) is 3. The summed E-state index contributed by atoms with van der Waals surface area (Å²) in [5.74, 6) is 0. The van der Waals surface area contributed by atoms with Crippen molar-refractivity contribution in [2.75, 3.05) is 7.11 Å². The highest BCUT2D eigenvalue weighted by Crippen LogP contribution is 1.97. The van der Waals surface area contributed by atoms with Gasteiger partial charge in [0.15, 0.2) is 0 Å². The van der Waals surface area contributed by atoms with E-state index in [2.05, 4.69) is 35.9 Å². The average Bonchev–Trinajstić information content (AvgIpc) is 2.20. The largest absolute Gasteiger partial charge is 0.381 e. The zero-order valence-electron chi connectivity index (χ0n) is 10.3. The molecule has 0 aromatic carbocycles. The third-order valence-corrected chi connectivity index (χ3v) is 1.99. The summed E-state index contributed by atoms with van der Waals surface area (Å²) in [6, 6.07) is 0.373. The van der Waals surface area contributed by atoms with E-state index in [0.717, 1.165) is 12.8 Å². The van der Waals surface area contributed by atoms with Crippen molar-refractivity contribution < 1.29 is 4.74 Å². The van der Waals surface area contributed by atoms with Crippen LogP contribution in [0.4, 0.5) is 0 Å². The summed E-state index contributed by atoms with van der Waals surface area (Å²) in [5, 5.41) is 2.36. The van der Waals surface area contributed by atoms with Crippen molar-refractivity contribution in [2.24, 2.45) is 4.99 Å². The van der Waals surface area contributed by atoms with Gasteiger partial charge in [-0.2, -0.15) is 0 Å². The number of thiocarbonyl (C=S) groups is 1. The molecule has 0 fully saturated rings. The maximum atomic E-state index is 4.92. The van der Waals surface area contributed by atoms with Gasteiger partial charge in [-0.25, -0.2) is 4.99 Å². The molecule has 3 heteroatoms. The van der Waals surface area contributed by atoms with Crippen LogP contribution in [-0.4, -0.2) is 24.4 Å². The zero-order valence-corrected chi connectivity index (χ0v) is 11.1. The number of aliphatic imine (C=N–C) groups is 1. The van der Waals surface area contributed by atoms with Gasteiger partial charge in [-0.3, -0.25) is 0 Å². The van der Waals surface area contributed by atoms with E-state index in [0.29, 0.717) is 12.1 Å². The first-order valence-electron chi connectivity index (χ1n) is 5.32. The molecule has 0 aliphatic carbocycles.